The maximum absolute atomic E-state index is 12.7. The predicted octanol–water partition coefficient (Wildman–Crippen LogP) is 1.50. The molecule has 2 saturated heterocycles. The topological polar surface area (TPSA) is 62.7 Å². The SMILES string of the molecule is COCCN1C[C@]2(CCCN(C(=O)Cc3cccnc3)C2)CCC1=O. The first-order valence-electron chi connectivity index (χ1n) is 9.05. The standard InChI is InChI=1S/C19H27N3O3/c1-25-11-10-22-15-19(7-5-17(22)23)6-3-9-21(14-19)18(24)12-16-4-2-8-20-13-16/h2,4,8,13H,3,5-7,9-12,14-15H2,1H3/t19-/m1/s1. The molecule has 6 nitrogen and oxygen atoms in total. The Balaban J connectivity index is 1.63. The van der Waals surface area contributed by atoms with Crippen LogP contribution in [0.5, 0.6) is 0 Å². The maximum atomic E-state index is 12.7. The van der Waals surface area contributed by atoms with E-state index in [9.17, 15) is 9.59 Å². The number of hydrogen-bond acceptors (Lipinski definition) is 4. The van der Waals surface area contributed by atoms with E-state index in [-0.39, 0.29) is 17.2 Å². The van der Waals surface area contributed by atoms with Crippen LogP contribution in [0, 0.1) is 5.41 Å². The molecule has 1 atom stereocenters. The van der Waals surface area contributed by atoms with E-state index in [1.807, 2.05) is 21.9 Å². The summed E-state index contributed by atoms with van der Waals surface area (Å²) in [5.41, 5.74) is 0.998. The summed E-state index contributed by atoms with van der Waals surface area (Å²) in [6, 6.07) is 3.80. The van der Waals surface area contributed by atoms with Crippen LogP contribution in [-0.4, -0.2) is 66.5 Å². The van der Waals surface area contributed by atoms with Gasteiger partial charge in [-0.2, -0.15) is 0 Å². The lowest BCUT2D eigenvalue weighted by Gasteiger charge is -2.48. The van der Waals surface area contributed by atoms with Gasteiger partial charge in [-0.1, -0.05) is 6.07 Å². The van der Waals surface area contributed by atoms with Gasteiger partial charge in [0.25, 0.3) is 0 Å². The highest BCUT2D eigenvalue weighted by Crippen LogP contribution is 2.39. The van der Waals surface area contributed by atoms with Gasteiger partial charge in [-0.3, -0.25) is 14.6 Å². The molecule has 0 aliphatic carbocycles. The average molecular weight is 345 g/mol. The third kappa shape index (κ3) is 4.37. The van der Waals surface area contributed by atoms with Crippen molar-refractivity contribution in [1.29, 1.82) is 0 Å². The van der Waals surface area contributed by atoms with Crippen molar-refractivity contribution >= 4 is 11.8 Å². The summed E-state index contributed by atoms with van der Waals surface area (Å²) in [7, 11) is 1.66. The van der Waals surface area contributed by atoms with E-state index in [0.29, 0.717) is 26.0 Å². The summed E-state index contributed by atoms with van der Waals surface area (Å²) in [5, 5.41) is 0. The summed E-state index contributed by atoms with van der Waals surface area (Å²) in [4.78, 5) is 32.9. The van der Waals surface area contributed by atoms with E-state index in [4.69, 9.17) is 4.74 Å². The highest BCUT2D eigenvalue weighted by molar-refractivity contribution is 5.79. The molecule has 1 aromatic rings. The molecule has 6 heteroatoms. The number of methoxy groups -OCH3 is 1. The lowest BCUT2D eigenvalue weighted by Crippen LogP contribution is -2.55. The number of carbonyl (C=O) groups excluding carboxylic acids is 2. The summed E-state index contributed by atoms with van der Waals surface area (Å²) < 4.78 is 5.13. The molecule has 2 aliphatic heterocycles. The lowest BCUT2D eigenvalue weighted by molar-refractivity contribution is -0.143. The van der Waals surface area contributed by atoms with Gasteiger partial charge in [0.15, 0.2) is 0 Å². The first-order chi connectivity index (χ1) is 12.1. The fraction of sp³-hybridized carbons (Fsp3) is 0.632. The monoisotopic (exact) mass is 345 g/mol. The zero-order valence-corrected chi connectivity index (χ0v) is 14.9. The van der Waals surface area contributed by atoms with E-state index < -0.39 is 0 Å². The number of likely N-dealkylation sites (tertiary alicyclic amines) is 2. The Kier molecular flexibility index (Phi) is 5.68. The van der Waals surface area contributed by atoms with Crippen molar-refractivity contribution in [1.82, 2.24) is 14.8 Å². The minimum Gasteiger partial charge on any atom is -0.383 e. The summed E-state index contributed by atoms with van der Waals surface area (Å²) in [6.45, 7) is 3.51. The highest BCUT2D eigenvalue weighted by Gasteiger charge is 2.42. The number of ether oxygens (including phenoxy) is 1. The minimum atomic E-state index is 0.0461. The van der Waals surface area contributed by atoms with E-state index in [0.717, 1.165) is 44.5 Å². The summed E-state index contributed by atoms with van der Waals surface area (Å²) in [6.07, 6.45) is 7.42. The van der Waals surface area contributed by atoms with Gasteiger partial charge in [0.2, 0.25) is 11.8 Å². The Morgan fingerprint density at radius 2 is 2.24 bits per heavy atom. The van der Waals surface area contributed by atoms with Gasteiger partial charge in [-0.15, -0.1) is 0 Å². The molecule has 3 rings (SSSR count). The molecule has 3 heterocycles. The number of pyridine rings is 1. The van der Waals surface area contributed by atoms with E-state index in [1.165, 1.54) is 0 Å². The maximum Gasteiger partial charge on any atom is 0.227 e. The van der Waals surface area contributed by atoms with Crippen LogP contribution in [-0.2, 0) is 20.7 Å². The summed E-state index contributed by atoms with van der Waals surface area (Å²) >= 11 is 0. The molecule has 2 aliphatic rings. The lowest BCUT2D eigenvalue weighted by atomic mass is 9.73. The number of hydrogen-bond donors (Lipinski definition) is 0. The van der Waals surface area contributed by atoms with Crippen LogP contribution in [0.3, 0.4) is 0 Å². The van der Waals surface area contributed by atoms with Gasteiger partial charge in [0.1, 0.15) is 0 Å². The predicted molar refractivity (Wildman–Crippen MR) is 93.9 cm³/mol. The van der Waals surface area contributed by atoms with E-state index in [1.54, 1.807) is 19.5 Å². The van der Waals surface area contributed by atoms with Crippen LogP contribution in [0.1, 0.15) is 31.2 Å². The molecule has 0 aromatic carbocycles. The molecule has 0 radical (unpaired) electrons. The Morgan fingerprint density at radius 1 is 1.36 bits per heavy atom. The Morgan fingerprint density at radius 3 is 3.00 bits per heavy atom. The van der Waals surface area contributed by atoms with Crippen molar-refractivity contribution in [2.45, 2.75) is 32.1 Å². The fourth-order valence-corrected chi connectivity index (χ4v) is 4.05. The molecule has 1 aromatic heterocycles. The van der Waals surface area contributed by atoms with Gasteiger partial charge >= 0.3 is 0 Å². The average Bonchev–Trinajstić information content (AvgIpc) is 2.64. The second kappa shape index (κ2) is 7.95. The summed E-state index contributed by atoms with van der Waals surface area (Å²) in [5.74, 6) is 0.369. The number of carbonyl (C=O) groups is 2. The zero-order chi connectivity index (χ0) is 17.7. The molecule has 1 spiro atoms. The number of aromatic nitrogens is 1. The van der Waals surface area contributed by atoms with Crippen molar-refractivity contribution in [2.24, 2.45) is 5.41 Å². The van der Waals surface area contributed by atoms with Crippen LogP contribution in [0.15, 0.2) is 24.5 Å². The molecule has 136 valence electrons. The number of amides is 2. The zero-order valence-electron chi connectivity index (χ0n) is 14.9. The minimum absolute atomic E-state index is 0.0461. The Hall–Kier alpha value is -1.95. The molecular weight excluding hydrogens is 318 g/mol. The van der Waals surface area contributed by atoms with Crippen molar-refractivity contribution in [2.75, 3.05) is 39.9 Å². The van der Waals surface area contributed by atoms with Crippen LogP contribution >= 0.6 is 0 Å². The van der Waals surface area contributed by atoms with Gasteiger partial charge in [0.05, 0.1) is 13.0 Å². The fourth-order valence-electron chi connectivity index (χ4n) is 4.05. The van der Waals surface area contributed by atoms with Gasteiger partial charge < -0.3 is 14.5 Å². The van der Waals surface area contributed by atoms with Gasteiger partial charge in [-0.05, 0) is 30.9 Å². The van der Waals surface area contributed by atoms with Gasteiger partial charge in [0, 0.05) is 57.5 Å². The second-order valence-corrected chi connectivity index (χ2v) is 7.26. The highest BCUT2D eigenvalue weighted by atomic mass is 16.5. The largest absolute Gasteiger partial charge is 0.383 e. The molecule has 25 heavy (non-hydrogen) atoms. The quantitative estimate of drug-likeness (QED) is 0.811. The molecule has 0 N–H and O–H groups in total. The molecule has 0 bridgehead atoms. The number of rotatable bonds is 5. The van der Waals surface area contributed by atoms with Crippen molar-refractivity contribution in [3.05, 3.63) is 30.1 Å². The molecule has 0 saturated carbocycles. The van der Waals surface area contributed by atoms with Crippen LogP contribution < -0.4 is 0 Å². The van der Waals surface area contributed by atoms with Gasteiger partial charge in [-0.25, -0.2) is 0 Å². The Bertz CT molecular complexity index is 607. The van der Waals surface area contributed by atoms with Crippen LogP contribution in [0.4, 0.5) is 0 Å². The van der Waals surface area contributed by atoms with E-state index >= 15 is 0 Å². The number of piperidine rings is 2. The van der Waals surface area contributed by atoms with Crippen molar-refractivity contribution in [3.63, 3.8) is 0 Å². The molecule has 2 fully saturated rings. The second-order valence-electron chi connectivity index (χ2n) is 7.26. The number of nitrogens with zero attached hydrogens (tertiary/aromatic N) is 3. The van der Waals surface area contributed by atoms with Crippen LogP contribution in [0.25, 0.3) is 0 Å². The Labute approximate surface area is 149 Å². The van der Waals surface area contributed by atoms with Crippen molar-refractivity contribution in [3.8, 4) is 0 Å². The van der Waals surface area contributed by atoms with Crippen LogP contribution in [0.2, 0.25) is 0 Å². The molecular formula is C19H27N3O3. The first-order valence-corrected chi connectivity index (χ1v) is 9.05. The first kappa shape index (κ1) is 17.9. The smallest absolute Gasteiger partial charge is 0.227 e. The third-order valence-electron chi connectivity index (χ3n) is 5.41. The third-order valence-corrected chi connectivity index (χ3v) is 5.41. The van der Waals surface area contributed by atoms with Crippen molar-refractivity contribution < 1.29 is 14.3 Å². The molecule has 2 amide bonds. The van der Waals surface area contributed by atoms with E-state index in [2.05, 4.69) is 4.98 Å². The normalized spacial score (nSPS) is 24.0. The molecule has 0 unspecified atom stereocenters.